The number of nitrogens with one attached hydrogen (secondary N) is 1. The monoisotopic (exact) mass is 301 g/mol. The normalized spacial score (nSPS) is 15.7. The van der Waals surface area contributed by atoms with E-state index in [9.17, 15) is 9.59 Å². The van der Waals surface area contributed by atoms with Gasteiger partial charge in [0, 0.05) is 17.7 Å². The molecule has 1 saturated carbocycles. The second-order valence-corrected chi connectivity index (χ2v) is 5.75. The molecule has 0 radical (unpaired) electrons. The fourth-order valence-electron chi connectivity index (χ4n) is 2.73. The standard InChI is InChI=1S/C18H23NO3/c1-13-8-10-16(12-15(13)9-11-17(20)22-2)19-18(21)14-6-4-3-5-7-14/h8-12,14H,3-7H2,1-2H3,(H,19,21)/b11-9+. The van der Waals surface area contributed by atoms with E-state index in [1.807, 2.05) is 25.1 Å². The number of carbonyl (C=O) groups is 2. The summed E-state index contributed by atoms with van der Waals surface area (Å²) >= 11 is 0. The molecule has 0 unspecified atom stereocenters. The molecule has 0 aromatic heterocycles. The highest BCUT2D eigenvalue weighted by Gasteiger charge is 2.21. The van der Waals surface area contributed by atoms with E-state index in [4.69, 9.17) is 0 Å². The van der Waals surface area contributed by atoms with Crippen molar-refractivity contribution in [1.82, 2.24) is 0 Å². The van der Waals surface area contributed by atoms with E-state index < -0.39 is 5.97 Å². The Bertz CT molecular complexity index is 572. The minimum Gasteiger partial charge on any atom is -0.466 e. The Morgan fingerprint density at radius 3 is 2.64 bits per heavy atom. The average molecular weight is 301 g/mol. The smallest absolute Gasteiger partial charge is 0.330 e. The van der Waals surface area contributed by atoms with Gasteiger partial charge in [-0.05, 0) is 49.1 Å². The number of methoxy groups -OCH3 is 1. The lowest BCUT2D eigenvalue weighted by atomic mass is 9.88. The molecule has 1 aliphatic carbocycles. The number of hydrogen-bond donors (Lipinski definition) is 1. The van der Waals surface area contributed by atoms with Crippen LogP contribution in [0.4, 0.5) is 5.69 Å². The summed E-state index contributed by atoms with van der Waals surface area (Å²) in [6.45, 7) is 1.96. The van der Waals surface area contributed by atoms with Crippen molar-refractivity contribution in [3.05, 3.63) is 35.4 Å². The fraction of sp³-hybridized carbons (Fsp3) is 0.444. The molecule has 1 fully saturated rings. The van der Waals surface area contributed by atoms with Gasteiger partial charge in [0.2, 0.25) is 5.91 Å². The maximum atomic E-state index is 12.3. The molecule has 0 heterocycles. The van der Waals surface area contributed by atoms with Crippen LogP contribution in [0.1, 0.15) is 43.2 Å². The van der Waals surface area contributed by atoms with Crippen molar-refractivity contribution in [3.63, 3.8) is 0 Å². The van der Waals surface area contributed by atoms with Crippen LogP contribution in [-0.4, -0.2) is 19.0 Å². The minimum atomic E-state index is -0.393. The molecule has 4 heteroatoms. The Kier molecular flexibility index (Phi) is 5.75. The number of hydrogen-bond acceptors (Lipinski definition) is 3. The predicted octanol–water partition coefficient (Wildman–Crippen LogP) is 3.70. The Hall–Kier alpha value is -2.10. The van der Waals surface area contributed by atoms with E-state index in [1.165, 1.54) is 19.6 Å². The summed E-state index contributed by atoms with van der Waals surface area (Å²) in [6.07, 6.45) is 8.56. The summed E-state index contributed by atoms with van der Waals surface area (Å²) in [5.74, 6) is -0.161. The average Bonchev–Trinajstić information content (AvgIpc) is 2.55. The summed E-state index contributed by atoms with van der Waals surface area (Å²) in [5, 5.41) is 2.99. The molecule has 1 amide bonds. The number of anilines is 1. The van der Waals surface area contributed by atoms with Crippen molar-refractivity contribution in [2.45, 2.75) is 39.0 Å². The van der Waals surface area contributed by atoms with Crippen molar-refractivity contribution in [1.29, 1.82) is 0 Å². The van der Waals surface area contributed by atoms with Crippen LogP contribution >= 0.6 is 0 Å². The van der Waals surface area contributed by atoms with Crippen LogP contribution < -0.4 is 5.32 Å². The van der Waals surface area contributed by atoms with Crippen LogP contribution in [0.5, 0.6) is 0 Å². The van der Waals surface area contributed by atoms with Gasteiger partial charge < -0.3 is 10.1 Å². The highest BCUT2D eigenvalue weighted by atomic mass is 16.5. The van der Waals surface area contributed by atoms with Gasteiger partial charge in [-0.3, -0.25) is 4.79 Å². The zero-order chi connectivity index (χ0) is 15.9. The number of aryl methyl sites for hydroxylation is 1. The maximum absolute atomic E-state index is 12.3. The third kappa shape index (κ3) is 4.45. The second-order valence-electron chi connectivity index (χ2n) is 5.75. The number of esters is 1. The molecule has 0 aliphatic heterocycles. The first kappa shape index (κ1) is 16.3. The lowest BCUT2D eigenvalue weighted by molar-refractivity contribution is -0.134. The van der Waals surface area contributed by atoms with Crippen molar-refractivity contribution in [2.75, 3.05) is 12.4 Å². The largest absolute Gasteiger partial charge is 0.466 e. The third-order valence-electron chi connectivity index (χ3n) is 4.12. The molecule has 1 aromatic rings. The quantitative estimate of drug-likeness (QED) is 0.681. The Labute approximate surface area is 131 Å². The topological polar surface area (TPSA) is 55.4 Å². The van der Waals surface area contributed by atoms with Gasteiger partial charge in [-0.2, -0.15) is 0 Å². The molecule has 0 bridgehead atoms. The first-order valence-electron chi connectivity index (χ1n) is 7.77. The number of benzene rings is 1. The molecule has 1 aromatic carbocycles. The van der Waals surface area contributed by atoms with Gasteiger partial charge in [-0.25, -0.2) is 4.79 Å². The van der Waals surface area contributed by atoms with Crippen LogP contribution in [0.25, 0.3) is 6.08 Å². The highest BCUT2D eigenvalue weighted by molar-refractivity contribution is 5.93. The zero-order valence-corrected chi connectivity index (χ0v) is 13.2. The number of rotatable bonds is 4. The summed E-state index contributed by atoms with van der Waals surface area (Å²) in [7, 11) is 1.35. The van der Waals surface area contributed by atoms with Crippen LogP contribution in [0, 0.1) is 12.8 Å². The predicted molar refractivity (Wildman–Crippen MR) is 87.4 cm³/mol. The van der Waals surface area contributed by atoms with E-state index in [1.54, 1.807) is 6.08 Å². The van der Waals surface area contributed by atoms with Gasteiger partial charge in [-0.15, -0.1) is 0 Å². The van der Waals surface area contributed by atoms with E-state index in [0.717, 1.165) is 42.5 Å². The molecule has 1 N–H and O–H groups in total. The van der Waals surface area contributed by atoms with Crippen LogP contribution in [0.2, 0.25) is 0 Å². The molecule has 0 atom stereocenters. The van der Waals surface area contributed by atoms with Crippen molar-refractivity contribution >= 4 is 23.6 Å². The first-order chi connectivity index (χ1) is 10.6. The van der Waals surface area contributed by atoms with Gasteiger partial charge >= 0.3 is 5.97 Å². The third-order valence-corrected chi connectivity index (χ3v) is 4.12. The van der Waals surface area contributed by atoms with Crippen LogP contribution in [0.15, 0.2) is 24.3 Å². The molecular formula is C18H23NO3. The molecule has 22 heavy (non-hydrogen) atoms. The van der Waals surface area contributed by atoms with Gasteiger partial charge in [0.1, 0.15) is 0 Å². The van der Waals surface area contributed by atoms with Crippen molar-refractivity contribution < 1.29 is 14.3 Å². The van der Waals surface area contributed by atoms with Crippen LogP contribution in [-0.2, 0) is 14.3 Å². The lowest BCUT2D eigenvalue weighted by Gasteiger charge is -2.21. The summed E-state index contributed by atoms with van der Waals surface area (Å²) < 4.78 is 4.59. The molecule has 1 aliphatic rings. The number of ether oxygens (including phenoxy) is 1. The van der Waals surface area contributed by atoms with Crippen LogP contribution in [0.3, 0.4) is 0 Å². The summed E-state index contributed by atoms with van der Waals surface area (Å²) in [6, 6.07) is 5.72. The Morgan fingerprint density at radius 1 is 1.23 bits per heavy atom. The molecule has 4 nitrogen and oxygen atoms in total. The molecular weight excluding hydrogens is 278 g/mol. The van der Waals surface area contributed by atoms with E-state index >= 15 is 0 Å². The summed E-state index contributed by atoms with van der Waals surface area (Å²) in [4.78, 5) is 23.5. The molecule has 2 rings (SSSR count). The van der Waals surface area contributed by atoms with E-state index in [-0.39, 0.29) is 11.8 Å². The van der Waals surface area contributed by atoms with Gasteiger partial charge in [0.15, 0.2) is 0 Å². The molecule has 118 valence electrons. The van der Waals surface area contributed by atoms with Gasteiger partial charge in [0.25, 0.3) is 0 Å². The highest BCUT2D eigenvalue weighted by Crippen LogP contribution is 2.25. The second kappa shape index (κ2) is 7.78. The summed E-state index contributed by atoms with van der Waals surface area (Å²) in [5.41, 5.74) is 2.70. The number of amides is 1. The number of carbonyl (C=O) groups excluding carboxylic acids is 2. The fourth-order valence-corrected chi connectivity index (χ4v) is 2.73. The van der Waals surface area contributed by atoms with E-state index in [2.05, 4.69) is 10.1 Å². The molecule has 0 spiro atoms. The van der Waals surface area contributed by atoms with Gasteiger partial charge in [0.05, 0.1) is 7.11 Å². The minimum absolute atomic E-state index is 0.103. The van der Waals surface area contributed by atoms with Crippen molar-refractivity contribution in [3.8, 4) is 0 Å². The SMILES string of the molecule is COC(=O)/C=C/c1cc(NC(=O)C2CCCCC2)ccc1C. The maximum Gasteiger partial charge on any atom is 0.330 e. The molecule has 0 saturated heterocycles. The first-order valence-corrected chi connectivity index (χ1v) is 7.77. The Morgan fingerprint density at radius 2 is 1.95 bits per heavy atom. The van der Waals surface area contributed by atoms with Crippen molar-refractivity contribution in [2.24, 2.45) is 5.92 Å². The van der Waals surface area contributed by atoms with Gasteiger partial charge in [-0.1, -0.05) is 25.3 Å². The lowest BCUT2D eigenvalue weighted by Crippen LogP contribution is -2.24. The zero-order valence-electron chi connectivity index (χ0n) is 13.2. The Balaban J connectivity index is 2.06. The van der Waals surface area contributed by atoms with E-state index in [0.29, 0.717) is 0 Å².